The molecule has 4 aliphatic carbocycles. The van der Waals surface area contributed by atoms with Gasteiger partial charge in [0.05, 0.1) is 12.7 Å². The Kier molecular flexibility index (Phi) is 4.25. The van der Waals surface area contributed by atoms with Gasteiger partial charge in [-0.05, 0) is 50.2 Å². The smallest absolute Gasteiger partial charge is 0.258 e. The molecule has 5 aliphatic rings. The molecule has 2 bridgehead atoms. The van der Waals surface area contributed by atoms with E-state index in [2.05, 4.69) is 10.6 Å². The fraction of sp³-hybridized carbons (Fsp3) is 0.636. The number of nitrogens with one attached hydrogen (secondary N) is 2. The molecule has 28 heavy (non-hydrogen) atoms. The van der Waals surface area contributed by atoms with Gasteiger partial charge in [0, 0.05) is 30.4 Å². The van der Waals surface area contributed by atoms with E-state index in [1.165, 1.54) is 12.8 Å². The van der Waals surface area contributed by atoms with Crippen molar-refractivity contribution in [3.05, 3.63) is 23.8 Å². The van der Waals surface area contributed by atoms with Gasteiger partial charge in [-0.3, -0.25) is 9.59 Å². The molecular weight excluding hydrogens is 356 g/mol. The molecule has 1 heterocycles. The Morgan fingerprint density at radius 2 is 2.07 bits per heavy atom. The highest BCUT2D eigenvalue weighted by atomic mass is 16.5. The van der Waals surface area contributed by atoms with E-state index < -0.39 is 5.72 Å². The molecular formula is C22H28N2O4. The van der Waals surface area contributed by atoms with E-state index >= 15 is 0 Å². The Labute approximate surface area is 165 Å². The minimum atomic E-state index is -0.691. The lowest BCUT2D eigenvalue weighted by molar-refractivity contribution is -0.147. The zero-order valence-electron chi connectivity index (χ0n) is 16.3. The van der Waals surface area contributed by atoms with E-state index in [9.17, 15) is 9.59 Å². The third-order valence-corrected chi connectivity index (χ3v) is 7.31. The quantitative estimate of drug-likeness (QED) is 0.840. The second-order valence-electron chi connectivity index (χ2n) is 8.88. The first kappa shape index (κ1) is 17.8. The Morgan fingerprint density at radius 1 is 1.25 bits per heavy atom. The predicted molar refractivity (Wildman–Crippen MR) is 103 cm³/mol. The van der Waals surface area contributed by atoms with Crippen LogP contribution >= 0.6 is 0 Å². The van der Waals surface area contributed by atoms with Crippen LogP contribution in [0.15, 0.2) is 18.2 Å². The molecule has 6 rings (SSSR count). The van der Waals surface area contributed by atoms with Gasteiger partial charge >= 0.3 is 0 Å². The summed E-state index contributed by atoms with van der Waals surface area (Å²) in [5.74, 6) is 1.82. The van der Waals surface area contributed by atoms with Gasteiger partial charge in [0.1, 0.15) is 11.5 Å². The lowest BCUT2D eigenvalue weighted by Crippen LogP contribution is -2.67. The van der Waals surface area contributed by atoms with Crippen molar-refractivity contribution >= 4 is 11.8 Å². The number of rotatable bonds is 3. The molecule has 1 spiro atoms. The number of carbonyl (C=O) groups is 2. The molecule has 150 valence electrons. The number of fused-ring (bicyclic) bond motifs is 3. The van der Waals surface area contributed by atoms with Crippen molar-refractivity contribution in [3.8, 4) is 11.5 Å². The molecule has 0 aromatic heterocycles. The molecule has 1 aromatic carbocycles. The van der Waals surface area contributed by atoms with Crippen molar-refractivity contribution in [2.45, 2.75) is 63.1 Å². The number of amides is 2. The van der Waals surface area contributed by atoms with Gasteiger partial charge in [0.15, 0.2) is 5.72 Å². The summed E-state index contributed by atoms with van der Waals surface area (Å²) in [6.07, 6.45) is 8.13. The highest BCUT2D eigenvalue weighted by molar-refractivity contribution is 5.98. The number of hydrogen-bond acceptors (Lipinski definition) is 4. The van der Waals surface area contributed by atoms with Crippen LogP contribution in [0.5, 0.6) is 11.5 Å². The molecule has 1 aromatic rings. The number of ether oxygens (including phenoxy) is 2. The predicted octanol–water partition coefficient (Wildman–Crippen LogP) is 3.01. The van der Waals surface area contributed by atoms with Crippen LogP contribution in [-0.4, -0.2) is 30.7 Å². The summed E-state index contributed by atoms with van der Waals surface area (Å²) in [6, 6.07) is 5.67. The minimum absolute atomic E-state index is 0.0391. The average Bonchev–Trinajstić information content (AvgIpc) is 3.20. The Hall–Kier alpha value is -2.24. The van der Waals surface area contributed by atoms with Gasteiger partial charge < -0.3 is 20.1 Å². The van der Waals surface area contributed by atoms with Crippen LogP contribution in [0.2, 0.25) is 0 Å². The SMILES string of the molecule is COc1ccc2c(c1)O[C@@]1(C[C@H]3CC[C@H]1C[C@@H]3C(=O)NC1CCCC1)NC2=O. The molecule has 0 unspecified atom stereocenters. The second-order valence-corrected chi connectivity index (χ2v) is 8.88. The maximum absolute atomic E-state index is 12.9. The molecule has 4 saturated carbocycles. The standard InChI is InChI=1S/C22H28N2O4/c1-27-16-8-9-17-19(11-16)28-22(24-21(17)26)12-13-6-7-14(22)10-18(13)20(25)23-15-4-2-3-5-15/h8-9,11,13-15,18H,2-7,10,12H2,1H3,(H,23,25)(H,24,26)/t13-,14+,18+,22-/m1/s1. The van der Waals surface area contributed by atoms with Crippen LogP contribution in [0.3, 0.4) is 0 Å². The van der Waals surface area contributed by atoms with Gasteiger partial charge in [0.25, 0.3) is 5.91 Å². The number of methoxy groups -OCH3 is 1. The van der Waals surface area contributed by atoms with E-state index in [-0.39, 0.29) is 29.6 Å². The Balaban J connectivity index is 1.35. The molecule has 2 amide bonds. The molecule has 4 atom stereocenters. The third-order valence-electron chi connectivity index (χ3n) is 7.31. The van der Waals surface area contributed by atoms with E-state index in [0.29, 0.717) is 29.5 Å². The van der Waals surface area contributed by atoms with Crippen molar-refractivity contribution in [1.82, 2.24) is 10.6 Å². The zero-order valence-corrected chi connectivity index (χ0v) is 16.3. The summed E-state index contributed by atoms with van der Waals surface area (Å²) in [7, 11) is 1.61. The van der Waals surface area contributed by atoms with Gasteiger partial charge in [-0.2, -0.15) is 0 Å². The summed E-state index contributed by atoms with van der Waals surface area (Å²) < 4.78 is 11.7. The molecule has 2 N–H and O–H groups in total. The lowest BCUT2D eigenvalue weighted by atomic mass is 9.60. The van der Waals surface area contributed by atoms with Gasteiger partial charge in [-0.1, -0.05) is 12.8 Å². The highest BCUT2D eigenvalue weighted by Gasteiger charge is 2.57. The first-order chi connectivity index (χ1) is 13.6. The number of hydrogen-bond donors (Lipinski definition) is 2. The van der Waals surface area contributed by atoms with E-state index in [0.717, 1.165) is 32.1 Å². The highest BCUT2D eigenvalue weighted by Crippen LogP contribution is 2.52. The monoisotopic (exact) mass is 384 g/mol. The van der Waals surface area contributed by atoms with Gasteiger partial charge in [-0.25, -0.2) is 0 Å². The Bertz CT molecular complexity index is 804. The van der Waals surface area contributed by atoms with Crippen molar-refractivity contribution in [2.24, 2.45) is 17.8 Å². The average molecular weight is 384 g/mol. The first-order valence-electron chi connectivity index (χ1n) is 10.6. The fourth-order valence-electron chi connectivity index (χ4n) is 5.82. The van der Waals surface area contributed by atoms with E-state index in [1.807, 2.05) is 0 Å². The van der Waals surface area contributed by atoms with Crippen LogP contribution in [-0.2, 0) is 4.79 Å². The Morgan fingerprint density at radius 3 is 2.79 bits per heavy atom. The van der Waals surface area contributed by atoms with Crippen molar-refractivity contribution in [2.75, 3.05) is 7.11 Å². The molecule has 1 aliphatic heterocycles. The van der Waals surface area contributed by atoms with E-state index in [1.54, 1.807) is 25.3 Å². The fourth-order valence-corrected chi connectivity index (χ4v) is 5.82. The second kappa shape index (κ2) is 6.68. The summed E-state index contributed by atoms with van der Waals surface area (Å²) in [5, 5.41) is 6.44. The van der Waals surface area contributed by atoms with Crippen LogP contribution in [0.4, 0.5) is 0 Å². The summed E-state index contributed by atoms with van der Waals surface area (Å²) in [5.41, 5.74) is -0.146. The summed E-state index contributed by atoms with van der Waals surface area (Å²) >= 11 is 0. The molecule has 4 fully saturated rings. The summed E-state index contributed by atoms with van der Waals surface area (Å²) in [4.78, 5) is 25.7. The van der Waals surface area contributed by atoms with Crippen molar-refractivity contribution in [3.63, 3.8) is 0 Å². The lowest BCUT2D eigenvalue weighted by Gasteiger charge is -2.55. The largest absolute Gasteiger partial charge is 0.497 e. The number of carbonyl (C=O) groups excluding carboxylic acids is 2. The minimum Gasteiger partial charge on any atom is -0.497 e. The van der Waals surface area contributed by atoms with Gasteiger partial charge in [-0.15, -0.1) is 0 Å². The van der Waals surface area contributed by atoms with Gasteiger partial charge in [0.2, 0.25) is 5.91 Å². The molecule has 6 nitrogen and oxygen atoms in total. The van der Waals surface area contributed by atoms with Crippen LogP contribution in [0, 0.1) is 17.8 Å². The van der Waals surface area contributed by atoms with E-state index in [4.69, 9.17) is 9.47 Å². The topological polar surface area (TPSA) is 76.7 Å². The van der Waals surface area contributed by atoms with Crippen molar-refractivity contribution < 1.29 is 19.1 Å². The van der Waals surface area contributed by atoms with Crippen LogP contribution in [0.25, 0.3) is 0 Å². The van der Waals surface area contributed by atoms with Crippen LogP contribution in [0.1, 0.15) is 61.7 Å². The zero-order chi connectivity index (χ0) is 19.3. The normalized spacial score (nSPS) is 33.9. The summed E-state index contributed by atoms with van der Waals surface area (Å²) in [6.45, 7) is 0. The first-order valence-corrected chi connectivity index (χ1v) is 10.6. The molecule has 0 saturated heterocycles. The van der Waals surface area contributed by atoms with Crippen molar-refractivity contribution in [1.29, 1.82) is 0 Å². The molecule has 6 heteroatoms. The number of benzene rings is 1. The third kappa shape index (κ3) is 2.85. The maximum atomic E-state index is 12.9. The van der Waals surface area contributed by atoms with Crippen LogP contribution < -0.4 is 20.1 Å². The maximum Gasteiger partial charge on any atom is 0.258 e. The molecule has 0 radical (unpaired) electrons.